The summed E-state index contributed by atoms with van der Waals surface area (Å²) < 4.78 is 5.40. The summed E-state index contributed by atoms with van der Waals surface area (Å²) in [7, 11) is 0. The van der Waals surface area contributed by atoms with Crippen molar-refractivity contribution in [1.82, 2.24) is 5.32 Å². The van der Waals surface area contributed by atoms with Crippen molar-refractivity contribution in [3.63, 3.8) is 0 Å². The van der Waals surface area contributed by atoms with Gasteiger partial charge in [0.05, 0.1) is 0 Å². The number of hydrogen-bond donors (Lipinski definition) is 2. The van der Waals surface area contributed by atoms with Gasteiger partial charge >= 0.3 is 5.97 Å². The molecule has 1 aromatic rings. The zero-order valence-electron chi connectivity index (χ0n) is 11.5. The highest BCUT2D eigenvalue weighted by atomic mass is 16.5. The second kappa shape index (κ2) is 9.53. The first-order valence-corrected chi connectivity index (χ1v) is 6.82. The SMILES string of the molecule is CCCCOCC[C@H](NCc1ccccc1)C(=O)O. The standard InChI is InChI=1S/C15H23NO3/c1-2-3-10-19-11-9-14(15(17)18)16-12-13-7-5-4-6-8-13/h4-8,14,16H,2-3,9-12H2,1H3,(H,17,18)/t14-/m0/s1. The maximum atomic E-state index is 11.1. The van der Waals surface area contributed by atoms with Gasteiger partial charge in [0.1, 0.15) is 6.04 Å². The molecule has 0 saturated heterocycles. The molecule has 0 fully saturated rings. The smallest absolute Gasteiger partial charge is 0.320 e. The summed E-state index contributed by atoms with van der Waals surface area (Å²) in [5.74, 6) is -0.824. The number of benzene rings is 1. The van der Waals surface area contributed by atoms with E-state index < -0.39 is 12.0 Å². The first-order valence-electron chi connectivity index (χ1n) is 6.82. The van der Waals surface area contributed by atoms with E-state index in [4.69, 9.17) is 9.84 Å². The van der Waals surface area contributed by atoms with E-state index in [9.17, 15) is 4.79 Å². The average molecular weight is 265 g/mol. The summed E-state index contributed by atoms with van der Waals surface area (Å²) in [6.45, 7) is 3.86. The highest BCUT2D eigenvalue weighted by Gasteiger charge is 2.16. The normalized spacial score (nSPS) is 12.3. The minimum atomic E-state index is -0.824. The van der Waals surface area contributed by atoms with Crippen LogP contribution in [0.3, 0.4) is 0 Å². The van der Waals surface area contributed by atoms with E-state index in [0.29, 0.717) is 26.2 Å². The number of carboxylic acids is 1. The predicted octanol–water partition coefficient (Wildman–Crippen LogP) is 2.44. The molecule has 0 spiro atoms. The van der Waals surface area contributed by atoms with Gasteiger partial charge in [-0.2, -0.15) is 0 Å². The molecule has 2 N–H and O–H groups in total. The van der Waals surface area contributed by atoms with Crippen LogP contribution in [0.1, 0.15) is 31.7 Å². The van der Waals surface area contributed by atoms with Crippen molar-refractivity contribution in [2.24, 2.45) is 0 Å². The molecule has 4 heteroatoms. The van der Waals surface area contributed by atoms with Gasteiger partial charge in [0.25, 0.3) is 0 Å². The third-order valence-corrected chi connectivity index (χ3v) is 2.89. The molecule has 4 nitrogen and oxygen atoms in total. The minimum Gasteiger partial charge on any atom is -0.480 e. The van der Waals surface area contributed by atoms with Crippen LogP contribution in [0.25, 0.3) is 0 Å². The molecule has 0 aliphatic heterocycles. The largest absolute Gasteiger partial charge is 0.480 e. The molecule has 0 heterocycles. The van der Waals surface area contributed by atoms with Crippen LogP contribution in [0.4, 0.5) is 0 Å². The average Bonchev–Trinajstić information content (AvgIpc) is 2.42. The van der Waals surface area contributed by atoms with Crippen molar-refractivity contribution in [3.05, 3.63) is 35.9 Å². The molecule has 1 atom stereocenters. The van der Waals surface area contributed by atoms with E-state index in [1.165, 1.54) is 0 Å². The lowest BCUT2D eigenvalue weighted by molar-refractivity contribution is -0.140. The van der Waals surface area contributed by atoms with E-state index in [2.05, 4.69) is 12.2 Å². The van der Waals surface area contributed by atoms with E-state index in [-0.39, 0.29) is 0 Å². The van der Waals surface area contributed by atoms with Crippen molar-refractivity contribution in [2.45, 2.75) is 38.8 Å². The zero-order chi connectivity index (χ0) is 13.9. The van der Waals surface area contributed by atoms with Gasteiger partial charge in [0.15, 0.2) is 0 Å². The first kappa shape index (κ1) is 15.7. The minimum absolute atomic E-state index is 0.485. The highest BCUT2D eigenvalue weighted by Crippen LogP contribution is 2.01. The second-order valence-corrected chi connectivity index (χ2v) is 4.51. The van der Waals surface area contributed by atoms with Gasteiger partial charge in [-0.05, 0) is 18.4 Å². The van der Waals surface area contributed by atoms with Gasteiger partial charge in [-0.1, -0.05) is 43.7 Å². The van der Waals surface area contributed by atoms with E-state index in [1.54, 1.807) is 0 Å². The molecule has 0 aliphatic carbocycles. The van der Waals surface area contributed by atoms with Gasteiger partial charge in [0.2, 0.25) is 0 Å². The fraction of sp³-hybridized carbons (Fsp3) is 0.533. The molecule has 0 aliphatic rings. The van der Waals surface area contributed by atoms with Crippen LogP contribution < -0.4 is 5.32 Å². The van der Waals surface area contributed by atoms with Crippen LogP contribution in [0.5, 0.6) is 0 Å². The van der Waals surface area contributed by atoms with E-state index in [0.717, 1.165) is 18.4 Å². The van der Waals surface area contributed by atoms with Crippen LogP contribution >= 0.6 is 0 Å². The lowest BCUT2D eigenvalue weighted by Gasteiger charge is -2.14. The van der Waals surface area contributed by atoms with Crippen LogP contribution in [-0.2, 0) is 16.1 Å². The van der Waals surface area contributed by atoms with Crippen LogP contribution in [0.2, 0.25) is 0 Å². The summed E-state index contributed by atoms with van der Waals surface area (Å²) in [4.78, 5) is 11.1. The Hall–Kier alpha value is -1.39. The summed E-state index contributed by atoms with van der Waals surface area (Å²) >= 11 is 0. The van der Waals surface area contributed by atoms with Gasteiger partial charge in [0, 0.05) is 19.8 Å². The van der Waals surface area contributed by atoms with Crippen LogP contribution in [0.15, 0.2) is 30.3 Å². The van der Waals surface area contributed by atoms with Gasteiger partial charge in [-0.15, -0.1) is 0 Å². The predicted molar refractivity (Wildman–Crippen MR) is 75.0 cm³/mol. The number of carbonyl (C=O) groups is 1. The Morgan fingerprint density at radius 1 is 1.32 bits per heavy atom. The lowest BCUT2D eigenvalue weighted by Crippen LogP contribution is -2.37. The Morgan fingerprint density at radius 3 is 2.68 bits per heavy atom. The molecule has 0 aromatic heterocycles. The van der Waals surface area contributed by atoms with Crippen LogP contribution in [0, 0.1) is 0 Å². The molecular formula is C15H23NO3. The molecular weight excluding hydrogens is 242 g/mol. The number of carboxylic acid groups (broad SMARTS) is 1. The Balaban J connectivity index is 2.26. The summed E-state index contributed by atoms with van der Waals surface area (Å²) in [5.41, 5.74) is 1.08. The highest BCUT2D eigenvalue weighted by molar-refractivity contribution is 5.73. The number of rotatable bonds is 10. The third kappa shape index (κ3) is 6.94. The maximum absolute atomic E-state index is 11.1. The van der Waals surface area contributed by atoms with E-state index in [1.807, 2.05) is 30.3 Å². The molecule has 0 amide bonds. The van der Waals surface area contributed by atoms with Crippen molar-refractivity contribution >= 4 is 5.97 Å². The Labute approximate surface area is 114 Å². The van der Waals surface area contributed by atoms with Crippen molar-refractivity contribution in [1.29, 1.82) is 0 Å². The number of nitrogens with one attached hydrogen (secondary N) is 1. The van der Waals surface area contributed by atoms with Crippen LogP contribution in [-0.4, -0.2) is 30.3 Å². The quantitative estimate of drug-likeness (QED) is 0.638. The van der Waals surface area contributed by atoms with Gasteiger partial charge < -0.3 is 15.2 Å². The Kier molecular flexibility index (Phi) is 7.86. The molecule has 0 bridgehead atoms. The van der Waals surface area contributed by atoms with Crippen molar-refractivity contribution in [3.8, 4) is 0 Å². The molecule has 0 saturated carbocycles. The third-order valence-electron chi connectivity index (χ3n) is 2.89. The summed E-state index contributed by atoms with van der Waals surface area (Å²) in [5, 5.41) is 12.2. The number of ether oxygens (including phenoxy) is 1. The molecule has 0 radical (unpaired) electrons. The van der Waals surface area contributed by atoms with Crippen molar-refractivity contribution in [2.75, 3.05) is 13.2 Å². The zero-order valence-corrected chi connectivity index (χ0v) is 11.5. The number of hydrogen-bond acceptors (Lipinski definition) is 3. The van der Waals surface area contributed by atoms with E-state index >= 15 is 0 Å². The fourth-order valence-corrected chi connectivity index (χ4v) is 1.70. The number of aliphatic carboxylic acids is 1. The summed E-state index contributed by atoms with van der Waals surface area (Å²) in [6, 6.07) is 9.23. The Bertz CT molecular complexity index is 354. The van der Waals surface area contributed by atoms with Crippen molar-refractivity contribution < 1.29 is 14.6 Å². The van der Waals surface area contributed by atoms with Gasteiger partial charge in [-0.25, -0.2) is 0 Å². The first-order chi connectivity index (χ1) is 9.24. The molecule has 0 unspecified atom stereocenters. The number of unbranched alkanes of at least 4 members (excludes halogenated alkanes) is 1. The lowest BCUT2D eigenvalue weighted by atomic mass is 10.2. The summed E-state index contributed by atoms with van der Waals surface area (Å²) in [6.07, 6.45) is 2.61. The monoisotopic (exact) mass is 265 g/mol. The second-order valence-electron chi connectivity index (χ2n) is 4.51. The van der Waals surface area contributed by atoms with Gasteiger partial charge in [-0.3, -0.25) is 4.79 Å². The fourth-order valence-electron chi connectivity index (χ4n) is 1.70. The molecule has 1 aromatic carbocycles. The maximum Gasteiger partial charge on any atom is 0.320 e. The topological polar surface area (TPSA) is 58.6 Å². The molecule has 19 heavy (non-hydrogen) atoms. The molecule has 1 rings (SSSR count). The molecule has 106 valence electrons. The Morgan fingerprint density at radius 2 is 2.05 bits per heavy atom.